The van der Waals surface area contributed by atoms with E-state index in [9.17, 15) is 13.2 Å². The second-order valence-corrected chi connectivity index (χ2v) is 8.45. The summed E-state index contributed by atoms with van der Waals surface area (Å²) in [7, 11) is -3.67. The molecule has 8 heteroatoms. The van der Waals surface area contributed by atoms with Crippen LogP contribution in [0, 0.1) is 5.92 Å². The van der Waals surface area contributed by atoms with Crippen LogP contribution in [0.15, 0.2) is 29.2 Å². The SMILES string of the molecule is Cl.NCC(NC(=O)CS(=O)(=O)c1ccc(Cl)cc1)C1CCCCC1. The molecule has 0 saturated heterocycles. The molecule has 5 nitrogen and oxygen atoms in total. The van der Waals surface area contributed by atoms with Crippen LogP contribution in [0.25, 0.3) is 0 Å². The number of nitrogens with two attached hydrogens (primary N) is 1. The van der Waals surface area contributed by atoms with Crippen molar-refractivity contribution < 1.29 is 13.2 Å². The van der Waals surface area contributed by atoms with Gasteiger partial charge < -0.3 is 11.1 Å². The number of carbonyl (C=O) groups excluding carboxylic acids is 1. The Kier molecular flexibility index (Phi) is 8.50. The van der Waals surface area contributed by atoms with Gasteiger partial charge in [0.25, 0.3) is 0 Å². The van der Waals surface area contributed by atoms with Crippen LogP contribution in [-0.2, 0) is 14.6 Å². The van der Waals surface area contributed by atoms with E-state index in [0.717, 1.165) is 25.7 Å². The summed E-state index contributed by atoms with van der Waals surface area (Å²) in [4.78, 5) is 12.2. The van der Waals surface area contributed by atoms with Crippen LogP contribution in [0.3, 0.4) is 0 Å². The van der Waals surface area contributed by atoms with Gasteiger partial charge in [-0.2, -0.15) is 0 Å². The number of amides is 1. The topological polar surface area (TPSA) is 89.3 Å². The number of halogens is 2. The van der Waals surface area contributed by atoms with Crippen LogP contribution in [0.4, 0.5) is 0 Å². The van der Waals surface area contributed by atoms with Gasteiger partial charge in [0, 0.05) is 17.6 Å². The quantitative estimate of drug-likeness (QED) is 0.775. The van der Waals surface area contributed by atoms with Crippen LogP contribution in [0.2, 0.25) is 5.02 Å². The molecule has 1 aromatic carbocycles. The van der Waals surface area contributed by atoms with Gasteiger partial charge in [0.2, 0.25) is 5.91 Å². The third kappa shape index (κ3) is 5.92. The number of rotatable bonds is 6. The molecule has 1 aliphatic rings. The van der Waals surface area contributed by atoms with Gasteiger partial charge in [0.05, 0.1) is 4.90 Å². The fourth-order valence-corrected chi connectivity index (χ4v) is 4.32. The maximum absolute atomic E-state index is 12.3. The number of sulfone groups is 1. The van der Waals surface area contributed by atoms with Crippen molar-refractivity contribution in [3.8, 4) is 0 Å². The molecule has 1 saturated carbocycles. The van der Waals surface area contributed by atoms with Crippen LogP contribution in [-0.4, -0.2) is 32.7 Å². The minimum absolute atomic E-state index is 0. The second kappa shape index (κ2) is 9.61. The molecule has 0 aromatic heterocycles. The first-order valence-corrected chi connectivity index (χ1v) is 9.93. The Balaban J connectivity index is 0.00000288. The lowest BCUT2D eigenvalue weighted by molar-refractivity contribution is -0.119. The fraction of sp³-hybridized carbons (Fsp3) is 0.562. The van der Waals surface area contributed by atoms with E-state index < -0.39 is 21.5 Å². The van der Waals surface area contributed by atoms with Gasteiger partial charge in [-0.1, -0.05) is 30.9 Å². The highest BCUT2D eigenvalue weighted by atomic mass is 35.5. The Morgan fingerprint density at radius 1 is 1.21 bits per heavy atom. The number of hydrogen-bond acceptors (Lipinski definition) is 4. The second-order valence-electron chi connectivity index (χ2n) is 6.02. The summed E-state index contributed by atoms with van der Waals surface area (Å²) >= 11 is 5.75. The van der Waals surface area contributed by atoms with E-state index in [4.69, 9.17) is 17.3 Å². The van der Waals surface area contributed by atoms with Crippen LogP contribution >= 0.6 is 24.0 Å². The summed E-state index contributed by atoms with van der Waals surface area (Å²) in [5.41, 5.74) is 5.76. The highest BCUT2D eigenvalue weighted by molar-refractivity contribution is 7.92. The van der Waals surface area contributed by atoms with E-state index in [-0.39, 0.29) is 23.3 Å². The van der Waals surface area contributed by atoms with Gasteiger partial charge >= 0.3 is 0 Å². The molecule has 3 N–H and O–H groups in total. The number of benzene rings is 1. The molecule has 2 rings (SSSR count). The Bertz CT molecular complexity index is 629. The molecule has 0 bridgehead atoms. The van der Waals surface area contributed by atoms with E-state index in [0.29, 0.717) is 17.5 Å². The van der Waals surface area contributed by atoms with Gasteiger partial charge in [-0.15, -0.1) is 12.4 Å². The van der Waals surface area contributed by atoms with Gasteiger partial charge in [-0.05, 0) is 43.0 Å². The van der Waals surface area contributed by atoms with Crippen LogP contribution < -0.4 is 11.1 Å². The zero-order chi connectivity index (χ0) is 16.9. The number of nitrogens with one attached hydrogen (secondary N) is 1. The zero-order valence-electron chi connectivity index (χ0n) is 13.4. The average Bonchev–Trinajstić information content (AvgIpc) is 2.53. The third-order valence-electron chi connectivity index (χ3n) is 4.31. The normalized spacial score (nSPS) is 16.9. The van der Waals surface area contributed by atoms with Crippen molar-refractivity contribution in [1.29, 1.82) is 0 Å². The Labute approximate surface area is 154 Å². The van der Waals surface area contributed by atoms with E-state index in [1.54, 1.807) is 0 Å². The summed E-state index contributed by atoms with van der Waals surface area (Å²) in [6.07, 6.45) is 5.56. The lowest BCUT2D eigenvalue weighted by Gasteiger charge is -2.30. The third-order valence-corrected chi connectivity index (χ3v) is 6.20. The summed E-state index contributed by atoms with van der Waals surface area (Å²) in [5, 5.41) is 3.26. The van der Waals surface area contributed by atoms with Gasteiger partial charge in [-0.3, -0.25) is 4.79 Å². The maximum atomic E-state index is 12.3. The van der Waals surface area contributed by atoms with E-state index in [1.807, 2.05) is 0 Å². The molecule has 0 spiro atoms. The van der Waals surface area contributed by atoms with E-state index >= 15 is 0 Å². The van der Waals surface area contributed by atoms with Crippen LogP contribution in [0.1, 0.15) is 32.1 Å². The molecule has 136 valence electrons. The maximum Gasteiger partial charge on any atom is 0.235 e. The van der Waals surface area contributed by atoms with Gasteiger partial charge in [-0.25, -0.2) is 8.42 Å². The summed E-state index contributed by atoms with van der Waals surface area (Å²) in [6.45, 7) is 0.331. The zero-order valence-corrected chi connectivity index (χ0v) is 15.8. The minimum atomic E-state index is -3.67. The molecule has 1 amide bonds. The predicted octanol–water partition coefficient (Wildman–Crippen LogP) is 2.56. The van der Waals surface area contributed by atoms with Crippen molar-refractivity contribution in [3.63, 3.8) is 0 Å². The number of carbonyl (C=O) groups is 1. The average molecular weight is 395 g/mol. The Morgan fingerprint density at radius 2 is 1.79 bits per heavy atom. The molecular weight excluding hydrogens is 371 g/mol. The molecule has 24 heavy (non-hydrogen) atoms. The fourth-order valence-electron chi connectivity index (χ4n) is 3.05. The van der Waals surface area contributed by atoms with Crippen molar-refractivity contribution in [3.05, 3.63) is 29.3 Å². The van der Waals surface area contributed by atoms with Crippen molar-refractivity contribution in [2.24, 2.45) is 11.7 Å². The molecule has 1 fully saturated rings. The van der Waals surface area contributed by atoms with E-state index in [1.165, 1.54) is 30.7 Å². The smallest absolute Gasteiger partial charge is 0.235 e. The molecule has 1 unspecified atom stereocenters. The Morgan fingerprint density at radius 3 is 2.33 bits per heavy atom. The first-order chi connectivity index (χ1) is 10.9. The lowest BCUT2D eigenvalue weighted by Crippen LogP contribution is -2.47. The minimum Gasteiger partial charge on any atom is -0.351 e. The first-order valence-electron chi connectivity index (χ1n) is 7.90. The monoisotopic (exact) mass is 394 g/mol. The van der Waals surface area contributed by atoms with Crippen molar-refractivity contribution >= 4 is 39.8 Å². The first kappa shape index (κ1) is 21.2. The predicted molar refractivity (Wildman–Crippen MR) is 98.3 cm³/mol. The largest absolute Gasteiger partial charge is 0.351 e. The standard InChI is InChI=1S/C16H23ClN2O3S.ClH/c17-13-6-8-14(9-7-13)23(21,22)11-16(20)19-15(10-18)12-4-2-1-3-5-12;/h6-9,12,15H,1-5,10-11,18H2,(H,19,20);1H. The molecule has 0 heterocycles. The molecule has 0 aliphatic heterocycles. The van der Waals surface area contributed by atoms with E-state index in [2.05, 4.69) is 5.32 Å². The molecule has 1 aliphatic carbocycles. The van der Waals surface area contributed by atoms with Crippen LogP contribution in [0.5, 0.6) is 0 Å². The summed E-state index contributed by atoms with van der Waals surface area (Å²) in [6, 6.07) is 5.66. The Hall–Kier alpha value is -0.820. The van der Waals surface area contributed by atoms with Crippen molar-refractivity contribution in [2.75, 3.05) is 12.3 Å². The molecule has 1 aromatic rings. The summed E-state index contributed by atoms with van der Waals surface area (Å²) < 4.78 is 24.5. The highest BCUT2D eigenvalue weighted by Crippen LogP contribution is 2.26. The summed E-state index contributed by atoms with van der Waals surface area (Å²) in [5.74, 6) is -0.727. The number of hydrogen-bond donors (Lipinski definition) is 2. The highest BCUT2D eigenvalue weighted by Gasteiger charge is 2.26. The van der Waals surface area contributed by atoms with Gasteiger partial charge in [0.15, 0.2) is 9.84 Å². The lowest BCUT2D eigenvalue weighted by atomic mass is 9.84. The molecule has 0 radical (unpaired) electrons. The molecule has 1 atom stereocenters. The van der Waals surface area contributed by atoms with Gasteiger partial charge in [0.1, 0.15) is 5.75 Å². The van der Waals surface area contributed by atoms with Crippen molar-refractivity contribution in [2.45, 2.75) is 43.0 Å². The van der Waals surface area contributed by atoms with Crippen molar-refractivity contribution in [1.82, 2.24) is 5.32 Å². The molecular formula is C16H24Cl2N2O3S.